The molecule has 0 spiro atoms. The Hall–Kier alpha value is -4.84. The Morgan fingerprint density at radius 2 is 2.12 bits per heavy atom. The second kappa shape index (κ2) is 11.3. The summed E-state index contributed by atoms with van der Waals surface area (Å²) in [4.78, 5) is 46.5. The fourth-order valence-electron chi connectivity index (χ4n) is 4.85. The first-order valence-corrected chi connectivity index (χ1v) is 12.9. The van der Waals surface area contributed by atoms with Crippen LogP contribution in [0.5, 0.6) is 5.75 Å². The molecule has 0 radical (unpaired) electrons. The van der Waals surface area contributed by atoms with Crippen LogP contribution in [0.3, 0.4) is 0 Å². The molecule has 14 nitrogen and oxygen atoms in total. The molecule has 3 atom stereocenters. The molecule has 1 aliphatic heterocycles. The number of hydrogen-bond donors (Lipinski definition) is 4. The first-order chi connectivity index (χ1) is 19.7. The highest BCUT2D eigenvalue weighted by Crippen LogP contribution is 2.38. The normalized spacial score (nSPS) is 20.1. The van der Waals surface area contributed by atoms with E-state index in [1.165, 1.54) is 40.7 Å². The van der Waals surface area contributed by atoms with E-state index < -0.39 is 41.7 Å². The number of benzene rings is 2. The van der Waals surface area contributed by atoms with Gasteiger partial charge in [-0.05, 0) is 55.3 Å². The minimum atomic E-state index is -1.33. The number of H-pyrrole nitrogens is 1. The quantitative estimate of drug-likeness (QED) is 0.206. The number of nitrogens with one attached hydrogen (secondary N) is 2. The Labute approximate surface area is 232 Å². The van der Waals surface area contributed by atoms with Gasteiger partial charge in [0.15, 0.2) is 11.5 Å². The van der Waals surface area contributed by atoms with E-state index in [2.05, 4.69) is 20.6 Å². The number of ether oxygens (including phenoxy) is 1. The third-order valence-electron chi connectivity index (χ3n) is 6.97. The maximum Gasteiger partial charge on any atom is 0.330 e. The van der Waals surface area contributed by atoms with Crippen molar-refractivity contribution in [3.8, 4) is 11.8 Å². The van der Waals surface area contributed by atoms with Gasteiger partial charge in [-0.2, -0.15) is 5.26 Å². The van der Waals surface area contributed by atoms with Gasteiger partial charge in [-0.3, -0.25) is 19.1 Å². The average molecular weight is 562 g/mol. The van der Waals surface area contributed by atoms with Crippen LogP contribution in [0.2, 0.25) is 0 Å². The number of rotatable bonds is 9. The number of para-hydroxylation sites is 1. The fraction of sp³-hybridized carbons (Fsp3) is 0.333. The molecule has 0 bridgehead atoms. The third kappa shape index (κ3) is 5.46. The van der Waals surface area contributed by atoms with Crippen molar-refractivity contribution in [1.82, 2.24) is 30.0 Å². The van der Waals surface area contributed by atoms with E-state index in [9.17, 15) is 29.9 Å². The van der Waals surface area contributed by atoms with E-state index in [1.807, 2.05) is 12.1 Å². The Balaban J connectivity index is 1.26. The van der Waals surface area contributed by atoms with E-state index >= 15 is 0 Å². The summed E-state index contributed by atoms with van der Waals surface area (Å²) < 4.78 is 7.17. The van der Waals surface area contributed by atoms with Gasteiger partial charge < -0.3 is 25.1 Å². The lowest BCUT2D eigenvalue weighted by Gasteiger charge is -2.31. The summed E-state index contributed by atoms with van der Waals surface area (Å²) in [6.07, 6.45) is -0.0625. The van der Waals surface area contributed by atoms with Crippen molar-refractivity contribution >= 4 is 16.9 Å². The second-order valence-corrected chi connectivity index (χ2v) is 9.72. The molecule has 4 N–H and O–H groups in total. The molecule has 3 heterocycles. The van der Waals surface area contributed by atoms with Crippen molar-refractivity contribution in [3.05, 3.63) is 86.2 Å². The van der Waals surface area contributed by atoms with E-state index in [4.69, 9.17) is 9.57 Å². The number of fused-ring (bicyclic) bond motifs is 1. The van der Waals surface area contributed by atoms with Crippen LogP contribution >= 0.6 is 0 Å². The molecule has 1 fully saturated rings. The van der Waals surface area contributed by atoms with Crippen LogP contribution < -0.4 is 21.4 Å². The Kier molecular flexibility index (Phi) is 7.66. The van der Waals surface area contributed by atoms with Crippen LogP contribution in [0.25, 0.3) is 11.0 Å². The molecule has 2 aromatic carbocycles. The first-order valence-electron chi connectivity index (χ1n) is 12.9. The maximum absolute atomic E-state index is 12.9. The number of aliphatic hydroxyl groups is 2. The van der Waals surface area contributed by atoms with Crippen LogP contribution in [0.15, 0.2) is 58.3 Å². The molecular weight excluding hydrogens is 534 g/mol. The summed E-state index contributed by atoms with van der Waals surface area (Å²) in [5, 5.41) is 40.4. The van der Waals surface area contributed by atoms with Crippen LogP contribution in [0.4, 0.5) is 0 Å². The molecule has 14 heteroatoms. The molecule has 41 heavy (non-hydrogen) atoms. The minimum Gasteiger partial charge on any atom is -0.394 e. The standard InChI is InChI=1S/C27H27N7O7/c1-16-14-33(26(39)30-24(16)37)27(12-21(36)23(15-35)40-27)9-4-10-29-25(38)17-7-8-22(18(11-17)13-28)41-34-20-6-3-2-5-19(20)31-32-34/h2-3,5-8,11,14,21,23,35-36H,4,9-10,12,15H2,1H3,(H,29,38)(H,30,37,39)/t21-,23+,27+/m0/s1. The van der Waals surface area contributed by atoms with Gasteiger partial charge in [-0.1, -0.05) is 17.0 Å². The van der Waals surface area contributed by atoms with Gasteiger partial charge >= 0.3 is 5.69 Å². The SMILES string of the molecule is Cc1cn([C@@]2(CCCNC(=O)c3ccc(On4nnc5ccccc54)c(C#N)c3)C[C@H](O)[C@@H](CO)O2)c(=O)[nH]c1=O. The van der Waals surface area contributed by atoms with E-state index in [0.717, 1.165) is 0 Å². The van der Waals surface area contributed by atoms with Crippen LogP contribution in [-0.2, 0) is 10.5 Å². The Bertz CT molecular complexity index is 1760. The molecule has 5 rings (SSSR count). The summed E-state index contributed by atoms with van der Waals surface area (Å²) in [6.45, 7) is 1.26. The molecule has 0 unspecified atom stereocenters. The lowest BCUT2D eigenvalue weighted by Crippen LogP contribution is -2.45. The molecule has 0 aliphatic carbocycles. The number of aryl methyl sites for hydroxylation is 1. The molecule has 1 aliphatic rings. The number of hydrogen-bond acceptors (Lipinski definition) is 10. The highest BCUT2D eigenvalue weighted by atomic mass is 16.7. The Morgan fingerprint density at radius 1 is 1.32 bits per heavy atom. The topological polar surface area (TPSA) is 197 Å². The summed E-state index contributed by atoms with van der Waals surface area (Å²) in [6, 6.07) is 13.6. The van der Waals surface area contributed by atoms with Gasteiger partial charge in [0.25, 0.3) is 11.5 Å². The molecule has 1 amide bonds. The molecule has 212 valence electrons. The second-order valence-electron chi connectivity index (χ2n) is 9.72. The number of amides is 1. The van der Waals surface area contributed by atoms with E-state index in [0.29, 0.717) is 17.5 Å². The largest absolute Gasteiger partial charge is 0.394 e. The van der Waals surface area contributed by atoms with Crippen molar-refractivity contribution in [2.75, 3.05) is 13.2 Å². The third-order valence-corrected chi connectivity index (χ3v) is 6.97. The van der Waals surface area contributed by atoms with Gasteiger partial charge in [-0.25, -0.2) is 4.79 Å². The maximum atomic E-state index is 12.9. The minimum absolute atomic E-state index is 0.00557. The predicted octanol–water partition coefficient (Wildman–Crippen LogP) is 0.309. The summed E-state index contributed by atoms with van der Waals surface area (Å²) in [7, 11) is 0. The monoisotopic (exact) mass is 561 g/mol. The van der Waals surface area contributed by atoms with Crippen LogP contribution in [0, 0.1) is 18.3 Å². The number of aromatic amines is 1. The number of nitrogens with zero attached hydrogens (tertiary/aromatic N) is 5. The number of aromatic nitrogens is 5. The van der Waals surface area contributed by atoms with Crippen molar-refractivity contribution in [2.45, 2.75) is 44.1 Å². The zero-order chi connectivity index (χ0) is 29.1. The van der Waals surface area contributed by atoms with Gasteiger partial charge in [0.05, 0.1) is 18.3 Å². The average Bonchev–Trinajstić information content (AvgIpc) is 3.53. The van der Waals surface area contributed by atoms with Crippen molar-refractivity contribution in [2.24, 2.45) is 0 Å². The number of carbonyl (C=O) groups excluding carboxylic acids is 1. The lowest BCUT2D eigenvalue weighted by atomic mass is 10.0. The highest BCUT2D eigenvalue weighted by Gasteiger charge is 2.47. The smallest absolute Gasteiger partial charge is 0.330 e. The molecule has 4 aromatic rings. The predicted molar refractivity (Wildman–Crippen MR) is 143 cm³/mol. The van der Waals surface area contributed by atoms with Crippen LogP contribution in [-0.4, -0.2) is 66.2 Å². The first kappa shape index (κ1) is 27.7. The van der Waals surface area contributed by atoms with E-state index in [1.54, 1.807) is 18.2 Å². The lowest BCUT2D eigenvalue weighted by molar-refractivity contribution is -0.124. The van der Waals surface area contributed by atoms with Gasteiger partial charge in [0.2, 0.25) is 0 Å². The number of carbonyl (C=O) groups is 1. The molecule has 1 saturated heterocycles. The van der Waals surface area contributed by atoms with Crippen molar-refractivity contribution in [1.29, 1.82) is 5.26 Å². The zero-order valence-electron chi connectivity index (χ0n) is 22.0. The fourth-order valence-corrected chi connectivity index (χ4v) is 4.85. The van der Waals surface area contributed by atoms with Crippen LogP contribution in [0.1, 0.15) is 40.7 Å². The Morgan fingerprint density at radius 3 is 2.88 bits per heavy atom. The van der Waals surface area contributed by atoms with Crippen molar-refractivity contribution in [3.63, 3.8) is 0 Å². The van der Waals surface area contributed by atoms with Gasteiger partial charge in [-0.15, -0.1) is 5.10 Å². The number of nitriles is 1. The van der Waals surface area contributed by atoms with Gasteiger partial charge in [0.1, 0.15) is 23.2 Å². The summed E-state index contributed by atoms with van der Waals surface area (Å²) in [5.41, 5.74) is -0.718. The summed E-state index contributed by atoms with van der Waals surface area (Å²) >= 11 is 0. The molecule has 0 saturated carbocycles. The highest BCUT2D eigenvalue weighted by molar-refractivity contribution is 5.94. The summed E-state index contributed by atoms with van der Waals surface area (Å²) in [5.74, 6) is -0.246. The van der Waals surface area contributed by atoms with Gasteiger partial charge in [0, 0.05) is 30.3 Å². The van der Waals surface area contributed by atoms with E-state index in [-0.39, 0.29) is 41.8 Å². The number of aliphatic hydroxyl groups excluding tert-OH is 2. The van der Waals surface area contributed by atoms with Crippen molar-refractivity contribution < 1.29 is 24.6 Å². The zero-order valence-corrected chi connectivity index (χ0v) is 22.0. The molecule has 2 aromatic heterocycles. The molecular formula is C27H27N7O7.